The Morgan fingerprint density at radius 2 is 2.06 bits per heavy atom. The van der Waals surface area contributed by atoms with Crippen LogP contribution in [0.4, 0.5) is 4.39 Å². The van der Waals surface area contributed by atoms with Crippen molar-refractivity contribution in [2.75, 3.05) is 26.1 Å². The van der Waals surface area contributed by atoms with Gasteiger partial charge in [0.05, 0.1) is 19.0 Å². The van der Waals surface area contributed by atoms with E-state index in [2.05, 4.69) is 5.48 Å². The van der Waals surface area contributed by atoms with Crippen LogP contribution in [0.2, 0.25) is 0 Å². The predicted molar refractivity (Wildman–Crippen MR) is 63.1 cm³/mol. The molecule has 0 aromatic heterocycles. The summed E-state index contributed by atoms with van der Waals surface area (Å²) in [5, 5.41) is 0. The highest BCUT2D eigenvalue weighted by Gasteiger charge is 2.02. The minimum absolute atomic E-state index is 0.221. The number of rotatable bonds is 7. The maximum Gasteiger partial charge on any atom is 0.253 e. The molecule has 0 saturated heterocycles. The third-order valence-electron chi connectivity index (χ3n) is 1.76. The van der Waals surface area contributed by atoms with Gasteiger partial charge >= 0.3 is 0 Å². The summed E-state index contributed by atoms with van der Waals surface area (Å²) in [6, 6.07) is 5.96. The number of thioether (sulfide) groups is 1. The molecular formula is C11H14FNO3S. The van der Waals surface area contributed by atoms with Crippen LogP contribution in [0.5, 0.6) is 0 Å². The molecule has 0 unspecified atom stereocenters. The number of carbonyl (C=O) groups is 1. The number of hydroxylamine groups is 1. The second-order valence-electron chi connectivity index (χ2n) is 3.11. The molecule has 0 aliphatic heterocycles. The molecule has 1 N–H and O–H groups in total. The van der Waals surface area contributed by atoms with Crippen LogP contribution >= 0.6 is 11.8 Å². The van der Waals surface area contributed by atoms with Gasteiger partial charge in [0, 0.05) is 12.0 Å². The zero-order chi connectivity index (χ0) is 12.5. The van der Waals surface area contributed by atoms with Crippen LogP contribution in [0, 0.1) is 5.82 Å². The molecule has 0 fully saturated rings. The zero-order valence-electron chi connectivity index (χ0n) is 9.44. The van der Waals surface area contributed by atoms with Crippen LogP contribution in [0.3, 0.4) is 0 Å². The number of hydrogen-bond donors (Lipinski definition) is 1. The van der Waals surface area contributed by atoms with Crippen molar-refractivity contribution in [3.63, 3.8) is 0 Å². The molecule has 94 valence electrons. The molecule has 6 heteroatoms. The third kappa shape index (κ3) is 6.25. The van der Waals surface area contributed by atoms with E-state index in [9.17, 15) is 9.18 Å². The average Bonchev–Trinajstić information content (AvgIpc) is 2.34. The van der Waals surface area contributed by atoms with Gasteiger partial charge in [-0.25, -0.2) is 9.87 Å². The maximum atomic E-state index is 12.6. The fraction of sp³-hybridized carbons (Fsp3) is 0.364. The monoisotopic (exact) mass is 259 g/mol. The fourth-order valence-electron chi connectivity index (χ4n) is 0.966. The van der Waals surface area contributed by atoms with Gasteiger partial charge in [0.1, 0.15) is 5.82 Å². The Morgan fingerprint density at radius 1 is 1.35 bits per heavy atom. The summed E-state index contributed by atoms with van der Waals surface area (Å²) in [6.45, 7) is 0.731. The number of hydrogen-bond acceptors (Lipinski definition) is 4. The number of carbonyl (C=O) groups excluding carboxylic acids is 1. The molecule has 0 radical (unpaired) electrons. The first-order valence-corrected chi connectivity index (χ1v) is 5.99. The van der Waals surface area contributed by atoms with Crippen molar-refractivity contribution in [1.29, 1.82) is 0 Å². The van der Waals surface area contributed by atoms with Gasteiger partial charge in [-0.15, -0.1) is 11.8 Å². The number of amides is 1. The minimum atomic E-state index is -0.290. The lowest BCUT2D eigenvalue weighted by molar-refractivity contribution is -0.131. The van der Waals surface area contributed by atoms with Crippen LogP contribution in [-0.2, 0) is 14.4 Å². The Balaban J connectivity index is 2.17. The Labute approximate surface area is 103 Å². The second kappa shape index (κ2) is 8.05. The van der Waals surface area contributed by atoms with Crippen LogP contribution in [0.25, 0.3) is 0 Å². The summed E-state index contributed by atoms with van der Waals surface area (Å²) in [6.07, 6.45) is 0. The first-order chi connectivity index (χ1) is 8.22. The van der Waals surface area contributed by atoms with Crippen molar-refractivity contribution in [1.82, 2.24) is 5.48 Å². The SMILES string of the molecule is COCCONC(=O)CSc1ccc(F)cc1. The first kappa shape index (κ1) is 14.0. The van der Waals surface area contributed by atoms with E-state index in [-0.39, 0.29) is 17.5 Å². The van der Waals surface area contributed by atoms with Crippen LogP contribution in [-0.4, -0.2) is 32.0 Å². The molecule has 0 aliphatic carbocycles. The molecule has 1 rings (SSSR count). The van der Waals surface area contributed by atoms with E-state index < -0.39 is 0 Å². The Bertz CT molecular complexity index is 345. The van der Waals surface area contributed by atoms with Gasteiger partial charge in [0.2, 0.25) is 0 Å². The average molecular weight is 259 g/mol. The van der Waals surface area contributed by atoms with Crippen LogP contribution in [0.1, 0.15) is 0 Å². The molecule has 0 spiro atoms. The van der Waals surface area contributed by atoms with E-state index >= 15 is 0 Å². The van der Waals surface area contributed by atoms with Crippen LogP contribution in [0.15, 0.2) is 29.2 Å². The van der Waals surface area contributed by atoms with Crippen molar-refractivity contribution in [3.8, 4) is 0 Å². The summed E-state index contributed by atoms with van der Waals surface area (Å²) in [5.41, 5.74) is 2.29. The van der Waals surface area contributed by atoms with E-state index in [1.54, 1.807) is 19.2 Å². The lowest BCUT2D eigenvalue weighted by atomic mass is 10.4. The molecule has 0 saturated carbocycles. The van der Waals surface area contributed by atoms with Crippen molar-refractivity contribution in [3.05, 3.63) is 30.1 Å². The molecule has 1 amide bonds. The Kier molecular flexibility index (Phi) is 6.61. The molecule has 17 heavy (non-hydrogen) atoms. The number of halogens is 1. The Morgan fingerprint density at radius 3 is 2.71 bits per heavy atom. The molecule has 0 aliphatic rings. The van der Waals surface area contributed by atoms with Gasteiger partial charge in [0.25, 0.3) is 5.91 Å². The predicted octanol–water partition coefficient (Wildman–Crippen LogP) is 1.61. The number of methoxy groups -OCH3 is 1. The lowest BCUT2D eigenvalue weighted by Gasteiger charge is -2.05. The van der Waals surface area contributed by atoms with Crippen molar-refractivity contribution >= 4 is 17.7 Å². The van der Waals surface area contributed by atoms with Crippen molar-refractivity contribution in [2.24, 2.45) is 0 Å². The molecule has 0 bridgehead atoms. The summed E-state index contributed by atoms with van der Waals surface area (Å²) >= 11 is 1.31. The largest absolute Gasteiger partial charge is 0.382 e. The van der Waals surface area contributed by atoms with Gasteiger partial charge in [-0.3, -0.25) is 9.63 Å². The molecule has 4 nitrogen and oxygen atoms in total. The van der Waals surface area contributed by atoms with Gasteiger partial charge in [-0.05, 0) is 24.3 Å². The smallest absolute Gasteiger partial charge is 0.253 e. The van der Waals surface area contributed by atoms with E-state index in [1.807, 2.05) is 0 Å². The standard InChI is InChI=1S/C11H14FNO3S/c1-15-6-7-16-13-11(14)8-17-10-4-2-9(12)3-5-10/h2-5H,6-8H2,1H3,(H,13,14). The highest BCUT2D eigenvalue weighted by atomic mass is 32.2. The highest BCUT2D eigenvalue weighted by Crippen LogP contribution is 2.17. The first-order valence-electron chi connectivity index (χ1n) is 5.00. The van der Waals surface area contributed by atoms with Crippen LogP contribution < -0.4 is 5.48 Å². The van der Waals surface area contributed by atoms with E-state index in [0.717, 1.165) is 4.90 Å². The summed E-state index contributed by atoms with van der Waals surface area (Å²) in [7, 11) is 1.55. The summed E-state index contributed by atoms with van der Waals surface area (Å²) < 4.78 is 17.4. The van der Waals surface area contributed by atoms with Gasteiger partial charge in [-0.1, -0.05) is 0 Å². The van der Waals surface area contributed by atoms with Crippen molar-refractivity contribution in [2.45, 2.75) is 4.90 Å². The Hall–Kier alpha value is -1.11. The minimum Gasteiger partial charge on any atom is -0.382 e. The van der Waals surface area contributed by atoms with Crippen molar-refractivity contribution < 1.29 is 18.8 Å². The number of benzene rings is 1. The van der Waals surface area contributed by atoms with E-state index in [1.165, 1.54) is 23.9 Å². The maximum absolute atomic E-state index is 12.6. The zero-order valence-corrected chi connectivity index (χ0v) is 10.3. The summed E-state index contributed by atoms with van der Waals surface area (Å²) in [4.78, 5) is 17.0. The quantitative estimate of drug-likeness (QED) is 0.459. The summed E-state index contributed by atoms with van der Waals surface area (Å²) in [5.74, 6) is -0.310. The normalized spacial score (nSPS) is 10.2. The second-order valence-corrected chi connectivity index (χ2v) is 4.16. The van der Waals surface area contributed by atoms with E-state index in [0.29, 0.717) is 13.2 Å². The van der Waals surface area contributed by atoms with E-state index in [4.69, 9.17) is 9.57 Å². The number of ether oxygens (including phenoxy) is 1. The molecule has 1 aromatic carbocycles. The molecule has 0 heterocycles. The van der Waals surface area contributed by atoms with Gasteiger partial charge in [-0.2, -0.15) is 0 Å². The fourth-order valence-corrected chi connectivity index (χ4v) is 1.65. The molecular weight excluding hydrogens is 245 g/mol. The number of nitrogens with one attached hydrogen (secondary N) is 1. The molecule has 1 aromatic rings. The van der Waals surface area contributed by atoms with Gasteiger partial charge in [0.15, 0.2) is 0 Å². The topological polar surface area (TPSA) is 47.6 Å². The van der Waals surface area contributed by atoms with Gasteiger partial charge < -0.3 is 4.74 Å². The lowest BCUT2D eigenvalue weighted by Crippen LogP contribution is -2.26. The third-order valence-corrected chi connectivity index (χ3v) is 2.77. The molecule has 0 atom stereocenters. The highest BCUT2D eigenvalue weighted by molar-refractivity contribution is 8.00.